The highest BCUT2D eigenvalue weighted by Gasteiger charge is 2.26. The molecule has 0 amide bonds. The number of nitrogens with zero attached hydrogens (tertiary/aromatic N) is 3. The number of guanidine groups is 1. The molecule has 1 saturated heterocycles. The molecule has 1 aliphatic heterocycles. The van der Waals surface area contributed by atoms with Gasteiger partial charge in [0.2, 0.25) is 0 Å². The van der Waals surface area contributed by atoms with Crippen molar-refractivity contribution in [1.82, 2.24) is 15.6 Å². The molecule has 1 aliphatic rings. The number of methoxy groups -OCH3 is 1. The van der Waals surface area contributed by atoms with E-state index >= 15 is 0 Å². The Labute approximate surface area is 172 Å². The van der Waals surface area contributed by atoms with Crippen LogP contribution in [0.3, 0.4) is 0 Å². The summed E-state index contributed by atoms with van der Waals surface area (Å²) in [5.74, 6) is 2.03. The van der Waals surface area contributed by atoms with E-state index in [1.54, 1.807) is 19.4 Å². The average molecular weight is 400 g/mol. The summed E-state index contributed by atoms with van der Waals surface area (Å²) >= 11 is 0. The predicted octanol–water partition coefficient (Wildman–Crippen LogP) is 3.17. The quantitative estimate of drug-likeness (QED) is 0.553. The number of halogens is 1. The summed E-state index contributed by atoms with van der Waals surface area (Å²) < 4.78 is 19.5. The molecule has 0 spiro atoms. The highest BCUT2D eigenvalue weighted by Crippen LogP contribution is 2.26. The van der Waals surface area contributed by atoms with E-state index in [0.717, 1.165) is 36.8 Å². The lowest BCUT2D eigenvalue weighted by atomic mass is 10.0. The first-order chi connectivity index (χ1) is 14.1. The van der Waals surface area contributed by atoms with Crippen LogP contribution < -0.4 is 20.3 Å². The molecule has 2 heterocycles. The Hall–Kier alpha value is -2.83. The van der Waals surface area contributed by atoms with Crippen molar-refractivity contribution in [3.8, 4) is 5.75 Å². The molecule has 1 aromatic carbocycles. The molecular formula is C22H30FN5O. The van der Waals surface area contributed by atoms with Gasteiger partial charge in [-0.3, -0.25) is 4.99 Å². The molecule has 1 aromatic heterocycles. The lowest BCUT2D eigenvalue weighted by molar-refractivity contribution is 0.406. The third-order valence-electron chi connectivity index (χ3n) is 5.11. The summed E-state index contributed by atoms with van der Waals surface area (Å²) in [6.45, 7) is 7.07. The molecule has 3 rings (SSSR count). The molecule has 0 radical (unpaired) electrons. The topological polar surface area (TPSA) is 61.8 Å². The van der Waals surface area contributed by atoms with Gasteiger partial charge >= 0.3 is 0 Å². The second-order valence-electron chi connectivity index (χ2n) is 7.25. The van der Waals surface area contributed by atoms with Crippen molar-refractivity contribution < 1.29 is 9.13 Å². The fourth-order valence-electron chi connectivity index (χ4n) is 3.59. The molecule has 0 aliphatic carbocycles. The summed E-state index contributed by atoms with van der Waals surface area (Å²) in [5, 5.41) is 6.80. The molecule has 156 valence electrons. The Kier molecular flexibility index (Phi) is 7.27. The number of aliphatic imine (C=N–C) groups is 1. The van der Waals surface area contributed by atoms with Crippen molar-refractivity contribution in [2.75, 3.05) is 38.2 Å². The predicted molar refractivity (Wildman–Crippen MR) is 115 cm³/mol. The molecule has 2 unspecified atom stereocenters. The van der Waals surface area contributed by atoms with Gasteiger partial charge in [-0.1, -0.05) is 25.1 Å². The zero-order valence-corrected chi connectivity index (χ0v) is 17.4. The van der Waals surface area contributed by atoms with E-state index in [-0.39, 0.29) is 17.8 Å². The van der Waals surface area contributed by atoms with E-state index in [4.69, 9.17) is 9.73 Å². The number of hydrogen-bond acceptors (Lipinski definition) is 4. The van der Waals surface area contributed by atoms with Crippen LogP contribution in [0.5, 0.6) is 5.75 Å². The fourth-order valence-corrected chi connectivity index (χ4v) is 3.59. The summed E-state index contributed by atoms with van der Waals surface area (Å²) in [7, 11) is 1.69. The van der Waals surface area contributed by atoms with Crippen LogP contribution in [0.15, 0.2) is 47.6 Å². The third-order valence-corrected chi connectivity index (χ3v) is 5.11. The van der Waals surface area contributed by atoms with Crippen molar-refractivity contribution in [3.05, 3.63) is 54.0 Å². The number of benzene rings is 1. The minimum atomic E-state index is -0.278. The van der Waals surface area contributed by atoms with Gasteiger partial charge in [0.05, 0.1) is 7.11 Å². The maximum Gasteiger partial charge on any atom is 0.191 e. The van der Waals surface area contributed by atoms with Crippen molar-refractivity contribution in [1.29, 1.82) is 0 Å². The number of ether oxygens (including phenoxy) is 1. The average Bonchev–Trinajstić information content (AvgIpc) is 3.20. The molecule has 0 saturated carbocycles. The number of para-hydroxylation sites is 1. The van der Waals surface area contributed by atoms with Crippen LogP contribution in [-0.2, 0) is 0 Å². The largest absolute Gasteiger partial charge is 0.496 e. The second kappa shape index (κ2) is 10.1. The Bertz CT molecular complexity index is 828. The Morgan fingerprint density at radius 1 is 1.34 bits per heavy atom. The maximum atomic E-state index is 14.0. The van der Waals surface area contributed by atoms with Gasteiger partial charge in [-0.15, -0.1) is 0 Å². The first-order valence-corrected chi connectivity index (χ1v) is 10.2. The van der Waals surface area contributed by atoms with Crippen molar-refractivity contribution in [3.63, 3.8) is 0 Å². The molecule has 2 aromatic rings. The number of nitrogens with one attached hydrogen (secondary N) is 2. The van der Waals surface area contributed by atoms with Gasteiger partial charge in [0.1, 0.15) is 5.75 Å². The molecule has 1 fully saturated rings. The minimum absolute atomic E-state index is 0.191. The van der Waals surface area contributed by atoms with E-state index in [0.29, 0.717) is 18.9 Å². The van der Waals surface area contributed by atoms with Gasteiger partial charge < -0.3 is 20.3 Å². The van der Waals surface area contributed by atoms with Crippen LogP contribution in [0.4, 0.5) is 10.2 Å². The Morgan fingerprint density at radius 2 is 2.17 bits per heavy atom. The van der Waals surface area contributed by atoms with E-state index < -0.39 is 0 Å². The summed E-state index contributed by atoms with van der Waals surface area (Å²) in [4.78, 5) is 10.9. The summed E-state index contributed by atoms with van der Waals surface area (Å²) in [6, 6.07) is 11.3. The number of pyridine rings is 1. The molecule has 2 N–H and O–H groups in total. The van der Waals surface area contributed by atoms with Gasteiger partial charge in [-0.2, -0.15) is 0 Å². The van der Waals surface area contributed by atoms with Gasteiger partial charge in [-0.25, -0.2) is 9.37 Å². The van der Waals surface area contributed by atoms with E-state index in [1.807, 2.05) is 30.0 Å². The second-order valence-corrected chi connectivity index (χ2v) is 7.25. The number of rotatable bonds is 7. The first kappa shape index (κ1) is 20.9. The highest BCUT2D eigenvalue weighted by molar-refractivity contribution is 5.80. The first-order valence-electron chi connectivity index (χ1n) is 10.2. The number of aromatic nitrogens is 1. The molecular weight excluding hydrogens is 369 g/mol. The van der Waals surface area contributed by atoms with Crippen molar-refractivity contribution in [2.24, 2.45) is 4.99 Å². The third kappa shape index (κ3) is 5.37. The van der Waals surface area contributed by atoms with Crippen LogP contribution in [0, 0.1) is 5.82 Å². The highest BCUT2D eigenvalue weighted by atomic mass is 19.1. The SMILES string of the molecule is CCNC(=NCC(C)c1ccccc1OC)NC1CCN(c2ncccc2F)C1. The molecule has 2 atom stereocenters. The van der Waals surface area contributed by atoms with Crippen molar-refractivity contribution >= 4 is 11.8 Å². The van der Waals surface area contributed by atoms with E-state index in [9.17, 15) is 4.39 Å². The normalized spacial score (nSPS) is 17.9. The summed E-state index contributed by atoms with van der Waals surface area (Å²) in [6.07, 6.45) is 2.53. The summed E-state index contributed by atoms with van der Waals surface area (Å²) in [5.41, 5.74) is 1.15. The number of hydrogen-bond donors (Lipinski definition) is 2. The number of anilines is 1. The van der Waals surface area contributed by atoms with Crippen LogP contribution in [0.2, 0.25) is 0 Å². The smallest absolute Gasteiger partial charge is 0.191 e. The monoisotopic (exact) mass is 399 g/mol. The van der Waals surface area contributed by atoms with E-state index in [1.165, 1.54) is 6.07 Å². The maximum absolute atomic E-state index is 14.0. The molecule has 7 heteroatoms. The Balaban J connectivity index is 1.62. The Morgan fingerprint density at radius 3 is 2.93 bits per heavy atom. The van der Waals surface area contributed by atoms with Gasteiger partial charge in [0.15, 0.2) is 17.6 Å². The standard InChI is InChI=1S/C22H30FN5O/c1-4-24-22(26-14-16(2)18-8-5-6-10-20(18)29-3)27-17-11-13-28(15-17)21-19(23)9-7-12-25-21/h5-10,12,16-17H,4,11,13-15H2,1-3H3,(H2,24,26,27). The van der Waals surface area contributed by atoms with Gasteiger partial charge in [0, 0.05) is 44.3 Å². The zero-order valence-electron chi connectivity index (χ0n) is 17.4. The lowest BCUT2D eigenvalue weighted by Crippen LogP contribution is -2.44. The van der Waals surface area contributed by atoms with Crippen LogP contribution >= 0.6 is 0 Å². The van der Waals surface area contributed by atoms with Crippen LogP contribution in [0.25, 0.3) is 0 Å². The zero-order chi connectivity index (χ0) is 20.6. The van der Waals surface area contributed by atoms with E-state index in [2.05, 4.69) is 28.6 Å². The van der Waals surface area contributed by atoms with Gasteiger partial charge in [-0.05, 0) is 37.1 Å². The minimum Gasteiger partial charge on any atom is -0.496 e. The molecule has 29 heavy (non-hydrogen) atoms. The fraction of sp³-hybridized carbons (Fsp3) is 0.455. The molecule has 0 bridgehead atoms. The van der Waals surface area contributed by atoms with Crippen LogP contribution in [0.1, 0.15) is 31.7 Å². The van der Waals surface area contributed by atoms with Crippen molar-refractivity contribution in [2.45, 2.75) is 32.2 Å². The van der Waals surface area contributed by atoms with Crippen LogP contribution in [-0.4, -0.2) is 50.3 Å². The van der Waals surface area contributed by atoms with Gasteiger partial charge in [0.25, 0.3) is 0 Å². The molecule has 6 nitrogen and oxygen atoms in total. The lowest BCUT2D eigenvalue weighted by Gasteiger charge is -2.20.